The molecule has 128 valence electrons. The van der Waals surface area contributed by atoms with Gasteiger partial charge in [0.1, 0.15) is 5.65 Å². The van der Waals surface area contributed by atoms with Crippen LogP contribution in [0.3, 0.4) is 0 Å². The number of pyridine rings is 1. The average molecular weight is 338 g/mol. The zero-order valence-corrected chi connectivity index (χ0v) is 15.4. The number of nitrogens with zero attached hydrogens (tertiary/aromatic N) is 2. The molecule has 2 atom stereocenters. The Hall–Kier alpha value is -2.87. The van der Waals surface area contributed by atoms with Gasteiger partial charge < -0.3 is 0 Å². The van der Waals surface area contributed by atoms with Crippen LogP contribution in [0.15, 0.2) is 72.5 Å². The Balaban J connectivity index is 1.96. The largest absolute Gasteiger partial charge is 0.295 e. The Morgan fingerprint density at radius 1 is 0.962 bits per heavy atom. The fourth-order valence-electron chi connectivity index (χ4n) is 4.52. The third-order valence-corrected chi connectivity index (χ3v) is 5.75. The van der Waals surface area contributed by atoms with E-state index in [2.05, 4.69) is 92.1 Å². The number of rotatable bonds is 1. The van der Waals surface area contributed by atoms with Crippen LogP contribution in [0, 0.1) is 12.8 Å². The minimum absolute atomic E-state index is 0.362. The van der Waals surface area contributed by atoms with E-state index in [0.29, 0.717) is 11.8 Å². The topological polar surface area (TPSA) is 17.3 Å². The maximum absolute atomic E-state index is 4.88. The van der Waals surface area contributed by atoms with Gasteiger partial charge in [0, 0.05) is 22.9 Å². The van der Waals surface area contributed by atoms with E-state index in [9.17, 15) is 0 Å². The lowest BCUT2D eigenvalue weighted by Crippen LogP contribution is -2.14. The van der Waals surface area contributed by atoms with E-state index >= 15 is 0 Å². The van der Waals surface area contributed by atoms with Gasteiger partial charge in [-0.3, -0.25) is 4.40 Å². The highest BCUT2D eigenvalue weighted by atomic mass is 15.0. The molecule has 2 aromatic heterocycles. The fourth-order valence-corrected chi connectivity index (χ4v) is 4.52. The van der Waals surface area contributed by atoms with Crippen LogP contribution in [0.5, 0.6) is 0 Å². The highest BCUT2D eigenvalue weighted by Gasteiger charge is 2.25. The molecule has 2 heteroatoms. The van der Waals surface area contributed by atoms with E-state index in [1.165, 1.54) is 38.5 Å². The minimum Gasteiger partial charge on any atom is -0.295 e. The molecule has 0 radical (unpaired) electrons. The third kappa shape index (κ3) is 2.08. The van der Waals surface area contributed by atoms with E-state index < -0.39 is 0 Å². The lowest BCUT2D eigenvalue weighted by Gasteiger charge is -2.25. The smallest absolute Gasteiger partial charge is 0.145 e. The van der Waals surface area contributed by atoms with Crippen LogP contribution in [0.25, 0.3) is 27.3 Å². The van der Waals surface area contributed by atoms with Gasteiger partial charge in [0.25, 0.3) is 0 Å². The van der Waals surface area contributed by atoms with Crippen LogP contribution in [-0.4, -0.2) is 9.38 Å². The first-order valence-electron chi connectivity index (χ1n) is 9.28. The molecule has 2 aromatic carbocycles. The molecular weight excluding hydrogens is 316 g/mol. The normalized spacial score (nSPS) is 20.2. The highest BCUT2D eigenvalue weighted by Crippen LogP contribution is 2.38. The highest BCUT2D eigenvalue weighted by molar-refractivity contribution is 6.11. The van der Waals surface area contributed by atoms with E-state index in [1.54, 1.807) is 0 Å². The van der Waals surface area contributed by atoms with E-state index in [0.717, 1.165) is 5.65 Å². The standard InChI is InChI=1S/C24H22N2/c1-15-11-12-21-20(13-15)18-9-4-5-10-19(18)24-25-14-22(26(21)24)23-16(2)7-6-8-17(23)3/h4-14,16,23H,1-3H3. The monoisotopic (exact) mass is 338 g/mol. The molecule has 0 N–H and O–H groups in total. The summed E-state index contributed by atoms with van der Waals surface area (Å²) in [5, 5.41) is 3.80. The quantitative estimate of drug-likeness (QED) is 0.379. The van der Waals surface area contributed by atoms with Crippen molar-refractivity contribution in [1.82, 2.24) is 9.38 Å². The van der Waals surface area contributed by atoms with Gasteiger partial charge >= 0.3 is 0 Å². The van der Waals surface area contributed by atoms with Gasteiger partial charge in [0.05, 0.1) is 11.2 Å². The lowest BCUT2D eigenvalue weighted by atomic mass is 9.82. The van der Waals surface area contributed by atoms with Gasteiger partial charge in [-0.25, -0.2) is 4.98 Å². The van der Waals surface area contributed by atoms with Crippen molar-refractivity contribution in [3.05, 3.63) is 83.7 Å². The Kier molecular flexibility index (Phi) is 3.30. The van der Waals surface area contributed by atoms with Crippen molar-refractivity contribution in [2.75, 3.05) is 0 Å². The number of fused-ring (bicyclic) bond motifs is 6. The lowest BCUT2D eigenvalue weighted by molar-refractivity contribution is 0.590. The number of aryl methyl sites for hydroxylation is 1. The zero-order valence-electron chi connectivity index (χ0n) is 15.4. The first-order valence-corrected chi connectivity index (χ1v) is 9.28. The zero-order chi connectivity index (χ0) is 17.8. The minimum atomic E-state index is 0.362. The van der Waals surface area contributed by atoms with Gasteiger partial charge in [-0.05, 0) is 37.3 Å². The van der Waals surface area contributed by atoms with Gasteiger partial charge in [-0.15, -0.1) is 0 Å². The first kappa shape index (κ1) is 15.4. The first-order chi connectivity index (χ1) is 12.6. The van der Waals surface area contributed by atoms with Gasteiger partial charge in [-0.2, -0.15) is 0 Å². The molecule has 0 saturated heterocycles. The number of aromatic nitrogens is 2. The molecule has 1 aliphatic carbocycles. The maximum atomic E-state index is 4.88. The van der Waals surface area contributed by atoms with E-state index in [-0.39, 0.29) is 0 Å². The van der Waals surface area contributed by atoms with Gasteiger partial charge in [0.15, 0.2) is 0 Å². The number of allylic oxidation sites excluding steroid dienone is 4. The summed E-state index contributed by atoms with van der Waals surface area (Å²) in [5.41, 5.74) is 6.27. The van der Waals surface area contributed by atoms with Crippen molar-refractivity contribution in [1.29, 1.82) is 0 Å². The molecule has 0 bridgehead atoms. The Labute approximate surface area is 153 Å². The molecule has 0 aliphatic heterocycles. The second-order valence-electron chi connectivity index (χ2n) is 7.54. The van der Waals surface area contributed by atoms with E-state index in [4.69, 9.17) is 4.98 Å². The summed E-state index contributed by atoms with van der Waals surface area (Å²) in [6, 6.07) is 15.4. The predicted molar refractivity (Wildman–Crippen MR) is 110 cm³/mol. The number of hydrogen-bond donors (Lipinski definition) is 0. The fraction of sp³-hybridized carbons (Fsp3) is 0.208. The van der Waals surface area contributed by atoms with Crippen LogP contribution in [0.4, 0.5) is 0 Å². The van der Waals surface area contributed by atoms with Crippen molar-refractivity contribution in [3.63, 3.8) is 0 Å². The molecule has 2 unspecified atom stereocenters. The number of hydrogen-bond acceptors (Lipinski definition) is 1. The summed E-state index contributed by atoms with van der Waals surface area (Å²) >= 11 is 0. The average Bonchev–Trinajstić information content (AvgIpc) is 3.07. The molecule has 0 saturated carbocycles. The van der Waals surface area contributed by atoms with E-state index in [1.807, 2.05) is 0 Å². The molecule has 2 nitrogen and oxygen atoms in total. The van der Waals surface area contributed by atoms with Crippen LogP contribution in [-0.2, 0) is 0 Å². The Morgan fingerprint density at radius 2 is 1.77 bits per heavy atom. The van der Waals surface area contributed by atoms with Crippen LogP contribution in [0.1, 0.15) is 31.0 Å². The molecule has 0 amide bonds. The summed E-state index contributed by atoms with van der Waals surface area (Å²) in [6.07, 6.45) is 8.79. The van der Waals surface area contributed by atoms with Crippen molar-refractivity contribution in [2.24, 2.45) is 5.92 Å². The molecule has 2 heterocycles. The summed E-state index contributed by atoms with van der Waals surface area (Å²) in [4.78, 5) is 4.88. The summed E-state index contributed by atoms with van der Waals surface area (Å²) in [6.45, 7) is 6.69. The summed E-state index contributed by atoms with van der Waals surface area (Å²) in [7, 11) is 0. The molecule has 26 heavy (non-hydrogen) atoms. The summed E-state index contributed by atoms with van der Waals surface area (Å²) in [5.74, 6) is 0.826. The molecule has 0 fully saturated rings. The van der Waals surface area contributed by atoms with Crippen molar-refractivity contribution in [2.45, 2.75) is 26.7 Å². The molecule has 5 rings (SSSR count). The predicted octanol–water partition coefficient (Wildman–Crippen LogP) is 6.18. The second-order valence-corrected chi connectivity index (χ2v) is 7.54. The summed E-state index contributed by atoms with van der Waals surface area (Å²) < 4.78 is 2.38. The van der Waals surface area contributed by atoms with Crippen LogP contribution in [0.2, 0.25) is 0 Å². The molecule has 1 aliphatic rings. The molecule has 0 spiro atoms. The van der Waals surface area contributed by atoms with Crippen LogP contribution < -0.4 is 0 Å². The number of imidazole rings is 1. The molecular formula is C24H22N2. The van der Waals surface area contributed by atoms with Gasteiger partial charge in [-0.1, -0.05) is 66.6 Å². The number of benzene rings is 2. The Morgan fingerprint density at radius 3 is 2.58 bits per heavy atom. The molecule has 4 aromatic rings. The van der Waals surface area contributed by atoms with Gasteiger partial charge in [0.2, 0.25) is 0 Å². The van der Waals surface area contributed by atoms with Crippen molar-refractivity contribution < 1.29 is 0 Å². The van der Waals surface area contributed by atoms with Crippen molar-refractivity contribution >= 4 is 27.3 Å². The van der Waals surface area contributed by atoms with Crippen LogP contribution >= 0.6 is 0 Å². The van der Waals surface area contributed by atoms with Crippen molar-refractivity contribution in [3.8, 4) is 0 Å². The SMILES string of the molecule is CC1=CC=CC(C)C1c1cnc2c3ccccc3c3cc(C)ccc3n12. The second kappa shape index (κ2) is 5.57. The Bertz CT molecular complexity index is 1220. The third-order valence-electron chi connectivity index (χ3n) is 5.75. The maximum Gasteiger partial charge on any atom is 0.145 e.